The van der Waals surface area contributed by atoms with Gasteiger partial charge in [0.25, 0.3) is 5.56 Å². The largest absolute Gasteiger partial charge is 0.349 e. The van der Waals surface area contributed by atoms with E-state index in [4.69, 9.17) is 0 Å². The fraction of sp³-hybridized carbons (Fsp3) is 0.409. The molecule has 2 aromatic heterocycles. The highest BCUT2D eigenvalue weighted by Crippen LogP contribution is 2.22. The van der Waals surface area contributed by atoms with Gasteiger partial charge < -0.3 is 9.47 Å². The molecule has 9 heteroatoms. The van der Waals surface area contributed by atoms with Crippen LogP contribution < -0.4 is 10.5 Å². The summed E-state index contributed by atoms with van der Waals surface area (Å²) in [7, 11) is -3.57. The van der Waals surface area contributed by atoms with Crippen molar-refractivity contribution in [2.75, 3.05) is 31.1 Å². The molecule has 1 aromatic carbocycles. The zero-order chi connectivity index (χ0) is 22.2. The lowest BCUT2D eigenvalue weighted by Crippen LogP contribution is -2.50. The van der Waals surface area contributed by atoms with Crippen LogP contribution in [-0.2, 0) is 16.6 Å². The smallest absolute Gasteiger partial charge is 0.294 e. The molecule has 0 aliphatic carbocycles. The number of aromatic nitrogens is 3. The molecule has 0 unspecified atom stereocenters. The van der Waals surface area contributed by atoms with E-state index in [0.717, 1.165) is 5.56 Å². The first kappa shape index (κ1) is 21.5. The predicted molar refractivity (Wildman–Crippen MR) is 121 cm³/mol. The molecule has 1 fully saturated rings. The topological polar surface area (TPSA) is 88.4 Å². The van der Waals surface area contributed by atoms with Crippen molar-refractivity contribution < 1.29 is 8.42 Å². The van der Waals surface area contributed by atoms with E-state index in [0.29, 0.717) is 54.5 Å². The summed E-state index contributed by atoms with van der Waals surface area (Å²) in [6.45, 7) is 7.91. The fourth-order valence-electron chi connectivity index (χ4n) is 3.95. The van der Waals surface area contributed by atoms with Crippen molar-refractivity contribution in [3.63, 3.8) is 0 Å². The number of piperazine rings is 1. The second kappa shape index (κ2) is 8.39. The number of sulfonamides is 1. The highest BCUT2D eigenvalue weighted by atomic mass is 32.2. The summed E-state index contributed by atoms with van der Waals surface area (Å²) >= 11 is 0. The fourth-order valence-corrected chi connectivity index (χ4v) is 5.60. The molecule has 1 aliphatic heterocycles. The lowest BCUT2D eigenvalue weighted by Gasteiger charge is -2.34. The third-order valence-corrected chi connectivity index (χ3v) is 7.59. The van der Waals surface area contributed by atoms with Crippen molar-refractivity contribution in [3.05, 3.63) is 58.6 Å². The maximum atomic E-state index is 13.3. The molecular weight excluding hydrogens is 414 g/mol. The van der Waals surface area contributed by atoms with Crippen LogP contribution in [0.2, 0.25) is 0 Å². The summed E-state index contributed by atoms with van der Waals surface area (Å²) in [4.78, 5) is 24.2. The predicted octanol–water partition coefficient (Wildman–Crippen LogP) is 2.27. The Kier molecular flexibility index (Phi) is 5.81. The Morgan fingerprint density at radius 2 is 1.77 bits per heavy atom. The average molecular weight is 442 g/mol. The minimum atomic E-state index is -3.57. The number of aryl methyl sites for hydroxylation is 1. The van der Waals surface area contributed by atoms with E-state index in [1.165, 1.54) is 4.31 Å². The maximum absolute atomic E-state index is 13.3. The molecule has 0 radical (unpaired) electrons. The van der Waals surface area contributed by atoms with Crippen LogP contribution in [0.25, 0.3) is 11.0 Å². The minimum absolute atomic E-state index is 0.163. The molecule has 0 spiro atoms. The number of pyridine rings is 1. The van der Waals surface area contributed by atoms with Gasteiger partial charge in [-0.2, -0.15) is 4.31 Å². The van der Waals surface area contributed by atoms with Gasteiger partial charge in [-0.3, -0.25) is 9.78 Å². The molecule has 0 amide bonds. The summed E-state index contributed by atoms with van der Waals surface area (Å²) in [5.41, 5.74) is 1.99. The lowest BCUT2D eigenvalue weighted by molar-refractivity contribution is 0.382. The van der Waals surface area contributed by atoms with E-state index in [9.17, 15) is 13.2 Å². The van der Waals surface area contributed by atoms with Crippen LogP contribution in [0, 0.1) is 12.8 Å². The van der Waals surface area contributed by atoms with E-state index in [1.807, 2.05) is 11.0 Å². The Bertz CT molecular complexity index is 1260. The Morgan fingerprint density at radius 1 is 1.06 bits per heavy atom. The van der Waals surface area contributed by atoms with Crippen molar-refractivity contribution >= 4 is 26.9 Å². The van der Waals surface area contributed by atoms with Gasteiger partial charge in [0.05, 0.1) is 22.1 Å². The van der Waals surface area contributed by atoms with Crippen LogP contribution in [-0.4, -0.2) is 53.4 Å². The SMILES string of the molecule is Cc1ccccc1S(=O)(=O)N1CCN(c2nc3ccncc3n(CC(C)C)c2=O)CC1. The molecule has 8 nitrogen and oxygen atoms in total. The minimum Gasteiger partial charge on any atom is -0.349 e. The number of rotatable bonds is 5. The van der Waals surface area contributed by atoms with E-state index in [-0.39, 0.29) is 11.5 Å². The van der Waals surface area contributed by atoms with Crippen molar-refractivity contribution in [2.24, 2.45) is 5.92 Å². The standard InChI is InChI=1S/C22H27N5O3S/c1-16(2)15-27-19-14-23-9-8-18(19)24-21(22(27)28)25-10-12-26(13-11-25)31(29,30)20-7-5-4-6-17(20)3/h4-9,14,16H,10-13,15H2,1-3H3. The van der Waals surface area contributed by atoms with Gasteiger partial charge in [-0.05, 0) is 30.5 Å². The van der Waals surface area contributed by atoms with Crippen LogP contribution >= 0.6 is 0 Å². The molecule has 3 heterocycles. The molecule has 164 valence electrons. The van der Waals surface area contributed by atoms with Gasteiger partial charge in [0.15, 0.2) is 5.82 Å². The average Bonchev–Trinajstić information content (AvgIpc) is 2.75. The monoisotopic (exact) mass is 441 g/mol. The van der Waals surface area contributed by atoms with Crippen LogP contribution in [0.3, 0.4) is 0 Å². The van der Waals surface area contributed by atoms with Crippen molar-refractivity contribution in [3.8, 4) is 0 Å². The first-order chi connectivity index (χ1) is 14.8. The number of hydrogen-bond acceptors (Lipinski definition) is 6. The van der Waals surface area contributed by atoms with Gasteiger partial charge in [-0.1, -0.05) is 32.0 Å². The maximum Gasteiger partial charge on any atom is 0.294 e. The van der Waals surface area contributed by atoms with Crippen molar-refractivity contribution in [1.82, 2.24) is 18.8 Å². The van der Waals surface area contributed by atoms with E-state index in [2.05, 4.69) is 23.8 Å². The summed E-state index contributed by atoms with van der Waals surface area (Å²) < 4.78 is 29.4. The molecule has 0 atom stereocenters. The van der Waals surface area contributed by atoms with Gasteiger partial charge in [0.1, 0.15) is 0 Å². The Labute approximate surface area is 182 Å². The molecule has 0 N–H and O–H groups in total. The molecular formula is C22H27N5O3S. The molecule has 31 heavy (non-hydrogen) atoms. The summed E-state index contributed by atoms with van der Waals surface area (Å²) in [6, 6.07) is 8.80. The van der Waals surface area contributed by atoms with Gasteiger partial charge in [0.2, 0.25) is 10.0 Å². The number of anilines is 1. The zero-order valence-corrected chi connectivity index (χ0v) is 18.8. The highest BCUT2D eigenvalue weighted by Gasteiger charge is 2.31. The molecule has 3 aromatic rings. The highest BCUT2D eigenvalue weighted by molar-refractivity contribution is 7.89. The van der Waals surface area contributed by atoms with Gasteiger partial charge in [-0.25, -0.2) is 13.4 Å². The summed E-state index contributed by atoms with van der Waals surface area (Å²) in [5, 5.41) is 0. The molecule has 1 saturated heterocycles. The van der Waals surface area contributed by atoms with Crippen LogP contribution in [0.1, 0.15) is 19.4 Å². The Hall–Kier alpha value is -2.78. The molecule has 1 aliphatic rings. The molecule has 4 rings (SSSR count). The summed E-state index contributed by atoms with van der Waals surface area (Å²) in [5.74, 6) is 0.653. The Morgan fingerprint density at radius 3 is 2.45 bits per heavy atom. The first-order valence-electron chi connectivity index (χ1n) is 10.4. The van der Waals surface area contributed by atoms with Crippen molar-refractivity contribution in [1.29, 1.82) is 0 Å². The van der Waals surface area contributed by atoms with Crippen LogP contribution in [0.15, 0.2) is 52.4 Å². The zero-order valence-electron chi connectivity index (χ0n) is 18.0. The number of fused-ring (bicyclic) bond motifs is 1. The lowest BCUT2D eigenvalue weighted by atomic mass is 10.2. The first-order valence-corrected chi connectivity index (χ1v) is 11.9. The van der Waals surface area contributed by atoms with Crippen LogP contribution in [0.4, 0.5) is 5.82 Å². The Balaban J connectivity index is 1.63. The normalized spacial score (nSPS) is 15.7. The number of benzene rings is 1. The summed E-state index contributed by atoms with van der Waals surface area (Å²) in [6.07, 6.45) is 3.33. The van der Waals surface area contributed by atoms with Gasteiger partial charge >= 0.3 is 0 Å². The second-order valence-electron chi connectivity index (χ2n) is 8.27. The van der Waals surface area contributed by atoms with Crippen LogP contribution in [0.5, 0.6) is 0 Å². The molecule has 0 saturated carbocycles. The molecule has 0 bridgehead atoms. The quantitative estimate of drug-likeness (QED) is 0.604. The third kappa shape index (κ3) is 4.07. The number of nitrogens with zero attached hydrogens (tertiary/aromatic N) is 5. The second-order valence-corrected chi connectivity index (χ2v) is 10.2. The van der Waals surface area contributed by atoms with Gasteiger partial charge in [-0.15, -0.1) is 0 Å². The van der Waals surface area contributed by atoms with E-state index >= 15 is 0 Å². The third-order valence-electron chi connectivity index (χ3n) is 5.53. The van der Waals surface area contributed by atoms with Gasteiger partial charge in [0, 0.05) is 38.9 Å². The number of hydrogen-bond donors (Lipinski definition) is 0. The van der Waals surface area contributed by atoms with E-state index < -0.39 is 10.0 Å². The van der Waals surface area contributed by atoms with E-state index in [1.54, 1.807) is 48.1 Å². The van der Waals surface area contributed by atoms with Crippen molar-refractivity contribution in [2.45, 2.75) is 32.2 Å².